The summed E-state index contributed by atoms with van der Waals surface area (Å²) in [6.45, 7) is 0. The standard InChI is InChI=1S/C14H14N2O2/c1-17-12-8-9-13(14(10-12)18-2)16-15-11-6-4-3-5-7-11/h3-10H,1-2H3/b16-15+. The van der Waals surface area contributed by atoms with Crippen LogP contribution in [-0.2, 0) is 0 Å². The van der Waals surface area contributed by atoms with Gasteiger partial charge >= 0.3 is 0 Å². The van der Waals surface area contributed by atoms with Gasteiger partial charge in [0.25, 0.3) is 0 Å². The van der Waals surface area contributed by atoms with Crippen molar-refractivity contribution in [1.82, 2.24) is 0 Å². The van der Waals surface area contributed by atoms with Crippen LogP contribution in [0.2, 0.25) is 0 Å². The number of azo groups is 1. The Kier molecular flexibility index (Phi) is 3.91. The quantitative estimate of drug-likeness (QED) is 0.757. The molecule has 0 N–H and O–H groups in total. The Labute approximate surface area is 106 Å². The van der Waals surface area contributed by atoms with Gasteiger partial charge in [-0.3, -0.25) is 0 Å². The van der Waals surface area contributed by atoms with Crippen molar-refractivity contribution in [1.29, 1.82) is 0 Å². The molecule has 0 amide bonds. The zero-order valence-corrected chi connectivity index (χ0v) is 10.3. The van der Waals surface area contributed by atoms with Gasteiger partial charge in [-0.25, -0.2) is 0 Å². The van der Waals surface area contributed by atoms with Crippen molar-refractivity contribution in [2.45, 2.75) is 0 Å². The second-order valence-electron chi connectivity index (χ2n) is 3.57. The first kappa shape index (κ1) is 12.1. The predicted molar refractivity (Wildman–Crippen MR) is 70.2 cm³/mol. The van der Waals surface area contributed by atoms with Gasteiger partial charge < -0.3 is 9.47 Å². The molecule has 0 radical (unpaired) electrons. The maximum Gasteiger partial charge on any atom is 0.150 e. The SMILES string of the molecule is COc1ccc(/N=N/c2ccccc2)c(OC)c1. The summed E-state index contributed by atoms with van der Waals surface area (Å²) in [6.07, 6.45) is 0. The topological polar surface area (TPSA) is 43.2 Å². The van der Waals surface area contributed by atoms with E-state index in [-0.39, 0.29) is 0 Å². The number of hydrogen-bond donors (Lipinski definition) is 0. The van der Waals surface area contributed by atoms with Gasteiger partial charge in [-0.15, -0.1) is 5.11 Å². The molecule has 0 aliphatic rings. The van der Waals surface area contributed by atoms with E-state index < -0.39 is 0 Å². The lowest BCUT2D eigenvalue weighted by Gasteiger charge is -2.05. The summed E-state index contributed by atoms with van der Waals surface area (Å²) in [4.78, 5) is 0. The molecule has 0 saturated carbocycles. The molecular weight excluding hydrogens is 228 g/mol. The minimum atomic E-state index is 0.633. The van der Waals surface area contributed by atoms with E-state index in [1.807, 2.05) is 42.5 Å². The molecule has 0 aliphatic heterocycles. The van der Waals surface area contributed by atoms with Crippen molar-refractivity contribution in [3.05, 3.63) is 48.5 Å². The first-order chi connectivity index (χ1) is 8.83. The van der Waals surface area contributed by atoms with Gasteiger partial charge in [-0.1, -0.05) is 18.2 Å². The van der Waals surface area contributed by atoms with E-state index in [1.165, 1.54) is 0 Å². The average Bonchev–Trinajstić information content (AvgIpc) is 2.46. The highest BCUT2D eigenvalue weighted by Gasteiger charge is 2.03. The van der Waals surface area contributed by atoms with Gasteiger partial charge in [-0.05, 0) is 24.3 Å². The number of ether oxygens (including phenoxy) is 2. The van der Waals surface area contributed by atoms with Crippen LogP contribution in [-0.4, -0.2) is 14.2 Å². The van der Waals surface area contributed by atoms with Gasteiger partial charge in [0.2, 0.25) is 0 Å². The summed E-state index contributed by atoms with van der Waals surface area (Å²) in [5.74, 6) is 1.36. The molecule has 92 valence electrons. The third-order valence-corrected chi connectivity index (χ3v) is 2.42. The Morgan fingerprint density at radius 2 is 1.61 bits per heavy atom. The van der Waals surface area contributed by atoms with Crippen molar-refractivity contribution >= 4 is 11.4 Å². The fraction of sp³-hybridized carbons (Fsp3) is 0.143. The van der Waals surface area contributed by atoms with Crippen molar-refractivity contribution in [3.63, 3.8) is 0 Å². The van der Waals surface area contributed by atoms with Crippen LogP contribution in [0.5, 0.6) is 11.5 Å². The van der Waals surface area contributed by atoms with E-state index >= 15 is 0 Å². The molecule has 2 rings (SSSR count). The molecule has 0 unspecified atom stereocenters. The molecule has 0 spiro atoms. The number of hydrogen-bond acceptors (Lipinski definition) is 4. The van der Waals surface area contributed by atoms with Crippen LogP contribution >= 0.6 is 0 Å². The minimum absolute atomic E-state index is 0.633. The zero-order valence-electron chi connectivity index (χ0n) is 10.3. The van der Waals surface area contributed by atoms with Crippen LogP contribution in [0.4, 0.5) is 11.4 Å². The molecule has 4 heteroatoms. The van der Waals surface area contributed by atoms with Gasteiger partial charge in [0, 0.05) is 6.07 Å². The van der Waals surface area contributed by atoms with Crippen molar-refractivity contribution in [2.24, 2.45) is 10.2 Å². The Hall–Kier alpha value is -2.36. The van der Waals surface area contributed by atoms with Crippen molar-refractivity contribution in [2.75, 3.05) is 14.2 Å². The van der Waals surface area contributed by atoms with Gasteiger partial charge in [0.1, 0.15) is 17.2 Å². The summed E-state index contributed by atoms with van der Waals surface area (Å²) < 4.78 is 10.4. The Morgan fingerprint density at radius 1 is 0.833 bits per heavy atom. The molecule has 4 nitrogen and oxygen atoms in total. The molecule has 0 aliphatic carbocycles. The Bertz CT molecular complexity index is 539. The molecule has 2 aromatic carbocycles. The number of benzene rings is 2. The maximum atomic E-state index is 5.24. The van der Waals surface area contributed by atoms with E-state index in [0.717, 1.165) is 11.4 Å². The first-order valence-electron chi connectivity index (χ1n) is 5.52. The summed E-state index contributed by atoms with van der Waals surface area (Å²) in [6, 6.07) is 15.0. The molecular formula is C14H14N2O2. The van der Waals surface area contributed by atoms with Crippen LogP contribution in [0.15, 0.2) is 58.8 Å². The summed E-state index contributed by atoms with van der Waals surface area (Å²) in [7, 11) is 3.20. The summed E-state index contributed by atoms with van der Waals surface area (Å²) >= 11 is 0. The van der Waals surface area contributed by atoms with Crippen molar-refractivity contribution < 1.29 is 9.47 Å². The predicted octanol–water partition coefficient (Wildman–Crippen LogP) is 4.12. The highest BCUT2D eigenvalue weighted by molar-refractivity contribution is 5.55. The number of methoxy groups -OCH3 is 2. The second-order valence-corrected chi connectivity index (χ2v) is 3.57. The van der Waals surface area contributed by atoms with E-state index in [4.69, 9.17) is 9.47 Å². The van der Waals surface area contributed by atoms with Gasteiger partial charge in [0.05, 0.1) is 19.9 Å². The lowest BCUT2D eigenvalue weighted by Crippen LogP contribution is -1.86. The third-order valence-electron chi connectivity index (χ3n) is 2.42. The van der Waals surface area contributed by atoms with Crippen LogP contribution in [0.3, 0.4) is 0 Å². The lowest BCUT2D eigenvalue weighted by atomic mass is 10.3. The molecule has 18 heavy (non-hydrogen) atoms. The molecule has 0 aromatic heterocycles. The highest BCUT2D eigenvalue weighted by Crippen LogP contribution is 2.32. The Balaban J connectivity index is 2.26. The lowest BCUT2D eigenvalue weighted by molar-refractivity contribution is 0.395. The fourth-order valence-corrected chi connectivity index (χ4v) is 1.47. The van der Waals surface area contributed by atoms with E-state index in [2.05, 4.69) is 10.2 Å². The van der Waals surface area contributed by atoms with Crippen molar-refractivity contribution in [3.8, 4) is 11.5 Å². The van der Waals surface area contributed by atoms with Crippen LogP contribution in [0.1, 0.15) is 0 Å². The molecule has 0 bridgehead atoms. The number of nitrogens with zero attached hydrogens (tertiary/aromatic N) is 2. The molecule has 2 aromatic rings. The summed E-state index contributed by atoms with van der Waals surface area (Å²) in [5.41, 5.74) is 1.47. The number of rotatable bonds is 4. The average molecular weight is 242 g/mol. The van der Waals surface area contributed by atoms with E-state index in [1.54, 1.807) is 20.3 Å². The van der Waals surface area contributed by atoms with E-state index in [0.29, 0.717) is 11.4 Å². The second kappa shape index (κ2) is 5.82. The molecule has 0 atom stereocenters. The zero-order chi connectivity index (χ0) is 12.8. The fourth-order valence-electron chi connectivity index (χ4n) is 1.47. The highest BCUT2D eigenvalue weighted by atomic mass is 16.5. The van der Waals surface area contributed by atoms with Crippen LogP contribution in [0, 0.1) is 0 Å². The summed E-state index contributed by atoms with van der Waals surface area (Å²) in [5, 5.41) is 8.31. The van der Waals surface area contributed by atoms with Crippen LogP contribution in [0.25, 0.3) is 0 Å². The minimum Gasteiger partial charge on any atom is -0.497 e. The Morgan fingerprint density at radius 3 is 2.28 bits per heavy atom. The monoisotopic (exact) mass is 242 g/mol. The maximum absolute atomic E-state index is 5.24. The molecule has 0 saturated heterocycles. The normalized spacial score (nSPS) is 10.6. The first-order valence-corrected chi connectivity index (χ1v) is 5.52. The van der Waals surface area contributed by atoms with E-state index in [9.17, 15) is 0 Å². The van der Waals surface area contributed by atoms with Gasteiger partial charge in [-0.2, -0.15) is 5.11 Å². The smallest absolute Gasteiger partial charge is 0.150 e. The van der Waals surface area contributed by atoms with Crippen LogP contribution < -0.4 is 9.47 Å². The molecule has 0 heterocycles. The van der Waals surface area contributed by atoms with Gasteiger partial charge in [0.15, 0.2) is 0 Å². The third kappa shape index (κ3) is 2.85. The molecule has 0 fully saturated rings. The largest absolute Gasteiger partial charge is 0.497 e.